The van der Waals surface area contributed by atoms with Gasteiger partial charge in [-0.25, -0.2) is 0 Å². The van der Waals surface area contributed by atoms with E-state index in [-0.39, 0.29) is 24.0 Å². The second kappa shape index (κ2) is 11.6. The molecule has 23 heavy (non-hydrogen) atoms. The van der Waals surface area contributed by atoms with E-state index in [1.54, 1.807) is 0 Å². The zero-order chi connectivity index (χ0) is 15.6. The van der Waals surface area contributed by atoms with E-state index in [0.717, 1.165) is 45.8 Å². The first-order chi connectivity index (χ1) is 10.8. The van der Waals surface area contributed by atoms with E-state index in [1.807, 2.05) is 6.07 Å². The summed E-state index contributed by atoms with van der Waals surface area (Å²) in [5, 5.41) is 3.20. The molecule has 0 aliphatic carbocycles. The van der Waals surface area contributed by atoms with Crippen LogP contribution in [0.4, 0.5) is 0 Å². The molecule has 0 bridgehead atoms. The van der Waals surface area contributed by atoms with Crippen LogP contribution in [0.15, 0.2) is 35.3 Å². The van der Waals surface area contributed by atoms with Gasteiger partial charge < -0.3 is 15.8 Å². The Morgan fingerprint density at radius 1 is 1.30 bits per heavy atom. The number of halogens is 1. The first-order valence-electron chi connectivity index (χ1n) is 8.14. The highest BCUT2D eigenvalue weighted by molar-refractivity contribution is 14.0. The van der Waals surface area contributed by atoms with Crippen LogP contribution in [-0.2, 0) is 4.74 Å². The van der Waals surface area contributed by atoms with Crippen molar-refractivity contribution in [1.29, 1.82) is 0 Å². The number of ether oxygens (including phenoxy) is 1. The van der Waals surface area contributed by atoms with Crippen molar-refractivity contribution in [2.45, 2.75) is 19.3 Å². The maximum Gasteiger partial charge on any atom is 0.188 e. The van der Waals surface area contributed by atoms with E-state index in [2.05, 4.69) is 46.4 Å². The molecule has 1 aliphatic rings. The topological polar surface area (TPSA) is 62.9 Å². The number of morpholine rings is 1. The number of hydrogen-bond donors (Lipinski definition) is 2. The molecule has 1 unspecified atom stereocenters. The fourth-order valence-electron chi connectivity index (χ4n) is 2.52. The van der Waals surface area contributed by atoms with Crippen LogP contribution in [0.25, 0.3) is 0 Å². The van der Waals surface area contributed by atoms with Gasteiger partial charge in [-0.05, 0) is 18.5 Å². The van der Waals surface area contributed by atoms with Gasteiger partial charge in [-0.2, -0.15) is 0 Å². The summed E-state index contributed by atoms with van der Waals surface area (Å²) in [5.74, 6) is 0.930. The minimum atomic E-state index is 0. The van der Waals surface area contributed by atoms with Crippen molar-refractivity contribution < 1.29 is 4.74 Å². The standard InChI is InChI=1S/C17H28N4O.HI/c1-15(16-6-3-2-4-7-16)14-20-17(18)19-8-5-9-21-10-12-22-13-11-21;/h2-4,6-7,15H,5,8-14H2,1H3,(H3,18,19,20);1H. The Kier molecular flexibility index (Phi) is 10.2. The fourth-order valence-corrected chi connectivity index (χ4v) is 2.52. The lowest BCUT2D eigenvalue weighted by molar-refractivity contribution is 0.0376. The van der Waals surface area contributed by atoms with E-state index >= 15 is 0 Å². The van der Waals surface area contributed by atoms with Gasteiger partial charge in [0.1, 0.15) is 0 Å². The normalized spacial score (nSPS) is 17.3. The van der Waals surface area contributed by atoms with E-state index < -0.39 is 0 Å². The van der Waals surface area contributed by atoms with Crippen molar-refractivity contribution in [3.8, 4) is 0 Å². The summed E-state index contributed by atoms with van der Waals surface area (Å²) in [6.07, 6.45) is 1.07. The van der Waals surface area contributed by atoms with Crippen LogP contribution in [0.5, 0.6) is 0 Å². The highest BCUT2D eigenvalue weighted by atomic mass is 127. The Morgan fingerprint density at radius 3 is 2.70 bits per heavy atom. The summed E-state index contributed by atoms with van der Waals surface area (Å²) < 4.78 is 5.34. The lowest BCUT2D eigenvalue weighted by atomic mass is 10.0. The third-order valence-corrected chi connectivity index (χ3v) is 3.97. The van der Waals surface area contributed by atoms with Crippen molar-refractivity contribution in [2.24, 2.45) is 10.7 Å². The summed E-state index contributed by atoms with van der Waals surface area (Å²) in [6.45, 7) is 8.63. The average molecular weight is 432 g/mol. The predicted molar refractivity (Wildman–Crippen MR) is 107 cm³/mol. The lowest BCUT2D eigenvalue weighted by Gasteiger charge is -2.26. The smallest absolute Gasteiger partial charge is 0.188 e. The summed E-state index contributed by atoms with van der Waals surface area (Å²) >= 11 is 0. The van der Waals surface area contributed by atoms with Crippen LogP contribution >= 0.6 is 24.0 Å². The maximum absolute atomic E-state index is 5.92. The molecule has 5 nitrogen and oxygen atoms in total. The quantitative estimate of drug-likeness (QED) is 0.300. The highest BCUT2D eigenvalue weighted by Crippen LogP contribution is 2.14. The third kappa shape index (κ3) is 7.99. The van der Waals surface area contributed by atoms with Gasteiger partial charge in [0.15, 0.2) is 5.96 Å². The van der Waals surface area contributed by atoms with Gasteiger partial charge in [-0.3, -0.25) is 9.89 Å². The Bertz CT molecular complexity index is 449. The summed E-state index contributed by atoms with van der Waals surface area (Å²) in [7, 11) is 0. The maximum atomic E-state index is 5.92. The van der Waals surface area contributed by atoms with E-state index in [1.165, 1.54) is 5.56 Å². The Morgan fingerprint density at radius 2 is 2.00 bits per heavy atom. The van der Waals surface area contributed by atoms with Gasteiger partial charge in [0, 0.05) is 32.1 Å². The highest BCUT2D eigenvalue weighted by Gasteiger charge is 2.09. The van der Waals surface area contributed by atoms with Crippen LogP contribution in [0.2, 0.25) is 0 Å². The van der Waals surface area contributed by atoms with Crippen LogP contribution in [0.3, 0.4) is 0 Å². The molecule has 0 radical (unpaired) electrons. The molecule has 130 valence electrons. The molecular formula is C17H29IN4O. The van der Waals surface area contributed by atoms with Crippen molar-refractivity contribution in [3.63, 3.8) is 0 Å². The largest absolute Gasteiger partial charge is 0.379 e. The molecule has 1 fully saturated rings. The first-order valence-corrected chi connectivity index (χ1v) is 8.14. The molecule has 0 aromatic heterocycles. The molecule has 1 saturated heterocycles. The van der Waals surface area contributed by atoms with Gasteiger partial charge in [-0.15, -0.1) is 24.0 Å². The molecule has 0 spiro atoms. The number of hydrogen-bond acceptors (Lipinski definition) is 3. The Hall–Kier alpha value is -0.860. The van der Waals surface area contributed by atoms with Crippen molar-refractivity contribution in [2.75, 3.05) is 45.9 Å². The minimum Gasteiger partial charge on any atom is -0.379 e. The lowest BCUT2D eigenvalue weighted by Crippen LogP contribution is -2.39. The average Bonchev–Trinajstić information content (AvgIpc) is 2.58. The monoisotopic (exact) mass is 432 g/mol. The van der Waals surface area contributed by atoms with Gasteiger partial charge in [0.05, 0.1) is 13.2 Å². The molecule has 0 amide bonds. The molecule has 1 aromatic rings. The van der Waals surface area contributed by atoms with E-state index in [0.29, 0.717) is 18.4 Å². The number of nitrogens with one attached hydrogen (secondary N) is 1. The van der Waals surface area contributed by atoms with Crippen molar-refractivity contribution in [1.82, 2.24) is 10.2 Å². The summed E-state index contributed by atoms with van der Waals surface area (Å²) in [6, 6.07) is 10.4. The summed E-state index contributed by atoms with van der Waals surface area (Å²) in [5.41, 5.74) is 7.22. The molecule has 6 heteroatoms. The number of nitrogens with two attached hydrogens (primary N) is 1. The zero-order valence-corrected chi connectivity index (χ0v) is 16.2. The number of nitrogens with zero attached hydrogens (tertiary/aromatic N) is 2. The third-order valence-electron chi connectivity index (χ3n) is 3.97. The second-order valence-corrected chi connectivity index (χ2v) is 5.77. The van der Waals surface area contributed by atoms with Crippen molar-refractivity contribution >= 4 is 29.9 Å². The first kappa shape index (κ1) is 20.2. The molecule has 1 aliphatic heterocycles. The van der Waals surface area contributed by atoms with Crippen LogP contribution in [-0.4, -0.2) is 56.8 Å². The SMILES string of the molecule is CC(CN=C(N)NCCCN1CCOCC1)c1ccccc1.I. The number of guanidine groups is 1. The molecule has 1 heterocycles. The van der Waals surface area contributed by atoms with E-state index in [9.17, 15) is 0 Å². The van der Waals surface area contributed by atoms with Crippen LogP contribution in [0, 0.1) is 0 Å². The van der Waals surface area contributed by atoms with E-state index in [4.69, 9.17) is 10.5 Å². The second-order valence-electron chi connectivity index (χ2n) is 5.77. The van der Waals surface area contributed by atoms with Gasteiger partial charge in [-0.1, -0.05) is 37.3 Å². The summed E-state index contributed by atoms with van der Waals surface area (Å²) in [4.78, 5) is 6.86. The molecule has 2 rings (SSSR count). The molecular weight excluding hydrogens is 403 g/mol. The van der Waals surface area contributed by atoms with Crippen LogP contribution < -0.4 is 11.1 Å². The van der Waals surface area contributed by atoms with Crippen LogP contribution in [0.1, 0.15) is 24.8 Å². The minimum absolute atomic E-state index is 0. The number of aliphatic imine (C=N–C) groups is 1. The van der Waals surface area contributed by atoms with Gasteiger partial charge >= 0.3 is 0 Å². The number of rotatable bonds is 7. The predicted octanol–water partition coefficient (Wildman–Crippen LogP) is 2.03. The zero-order valence-electron chi connectivity index (χ0n) is 13.9. The Labute approximate surface area is 156 Å². The van der Waals surface area contributed by atoms with Gasteiger partial charge in [0.25, 0.3) is 0 Å². The Balaban J connectivity index is 0.00000264. The molecule has 0 saturated carbocycles. The molecule has 3 N–H and O–H groups in total. The van der Waals surface area contributed by atoms with Crippen molar-refractivity contribution in [3.05, 3.63) is 35.9 Å². The fraction of sp³-hybridized carbons (Fsp3) is 0.588. The number of benzene rings is 1. The van der Waals surface area contributed by atoms with Gasteiger partial charge in [0.2, 0.25) is 0 Å². The molecule has 1 atom stereocenters. The molecule has 1 aromatic carbocycles.